The topological polar surface area (TPSA) is 66.0 Å². The smallest absolute Gasteiger partial charge is 0.337 e. The predicted octanol–water partition coefficient (Wildman–Crippen LogP) is 4.09. The molecule has 0 radical (unpaired) electrons. The average molecular weight is 272 g/mol. The third-order valence-electron chi connectivity index (χ3n) is 4.25. The molecule has 0 unspecified atom stereocenters. The number of aromatic carboxylic acids is 1. The molecule has 4 nitrogen and oxygen atoms in total. The summed E-state index contributed by atoms with van der Waals surface area (Å²) in [4.78, 5) is 19.2. The normalized spacial score (nSPS) is 17.8. The van der Waals surface area contributed by atoms with E-state index in [9.17, 15) is 9.90 Å². The van der Waals surface area contributed by atoms with E-state index in [4.69, 9.17) is 0 Å². The number of aromatic amines is 1. The lowest BCUT2D eigenvalue weighted by Crippen LogP contribution is -2.04. The first-order valence-electron chi connectivity index (χ1n) is 7.47. The second-order valence-corrected chi connectivity index (χ2v) is 5.67. The van der Waals surface area contributed by atoms with Gasteiger partial charge in [0.15, 0.2) is 0 Å². The lowest BCUT2D eigenvalue weighted by molar-refractivity contribution is 0.0699. The van der Waals surface area contributed by atoms with E-state index in [-0.39, 0.29) is 5.56 Å². The van der Waals surface area contributed by atoms with Crippen LogP contribution in [0.4, 0.5) is 0 Å². The van der Waals surface area contributed by atoms with Crippen LogP contribution in [0.25, 0.3) is 11.0 Å². The quantitative estimate of drug-likeness (QED) is 0.865. The largest absolute Gasteiger partial charge is 0.478 e. The van der Waals surface area contributed by atoms with Crippen molar-refractivity contribution in [2.24, 2.45) is 0 Å². The first kappa shape index (κ1) is 13.2. The number of imidazole rings is 1. The summed E-state index contributed by atoms with van der Waals surface area (Å²) in [5, 5.41) is 9.23. The molecule has 0 bridgehead atoms. The summed E-state index contributed by atoms with van der Waals surface area (Å²) >= 11 is 0. The second kappa shape index (κ2) is 5.65. The van der Waals surface area contributed by atoms with Crippen molar-refractivity contribution in [3.05, 3.63) is 29.6 Å². The van der Waals surface area contributed by atoms with E-state index in [1.54, 1.807) is 12.1 Å². The van der Waals surface area contributed by atoms with Crippen molar-refractivity contribution in [2.75, 3.05) is 0 Å². The van der Waals surface area contributed by atoms with E-state index in [1.807, 2.05) is 6.07 Å². The molecular weight excluding hydrogens is 252 g/mol. The third kappa shape index (κ3) is 2.55. The monoisotopic (exact) mass is 272 g/mol. The molecule has 1 saturated carbocycles. The molecule has 2 N–H and O–H groups in total. The molecule has 0 aliphatic heterocycles. The van der Waals surface area contributed by atoms with Crippen LogP contribution in [0.1, 0.15) is 67.0 Å². The van der Waals surface area contributed by atoms with Gasteiger partial charge in [0, 0.05) is 5.92 Å². The van der Waals surface area contributed by atoms with Crippen LogP contribution in [-0.2, 0) is 0 Å². The van der Waals surface area contributed by atoms with Gasteiger partial charge >= 0.3 is 5.97 Å². The standard InChI is InChI=1S/C16H20N2O2/c19-16(20)12-9-6-10-13-14(12)18-15(17-13)11-7-4-2-1-3-5-8-11/h6,9-11H,1-5,7-8H2,(H,17,18)(H,19,20). The summed E-state index contributed by atoms with van der Waals surface area (Å²) in [5.41, 5.74) is 1.72. The predicted molar refractivity (Wildman–Crippen MR) is 78.1 cm³/mol. The maximum Gasteiger partial charge on any atom is 0.337 e. The highest BCUT2D eigenvalue weighted by molar-refractivity contribution is 6.00. The van der Waals surface area contributed by atoms with Gasteiger partial charge in [-0.15, -0.1) is 0 Å². The Kier molecular flexibility index (Phi) is 3.72. The lowest BCUT2D eigenvalue weighted by atomic mass is 9.91. The molecule has 1 aromatic heterocycles. The van der Waals surface area contributed by atoms with Crippen LogP contribution in [0.5, 0.6) is 0 Å². The van der Waals surface area contributed by atoms with Gasteiger partial charge in [0.05, 0.1) is 11.1 Å². The number of carboxylic acid groups (broad SMARTS) is 1. The minimum atomic E-state index is -0.911. The molecule has 0 amide bonds. The Morgan fingerprint density at radius 1 is 1.15 bits per heavy atom. The summed E-state index contributed by atoms with van der Waals surface area (Å²) in [6, 6.07) is 5.29. The lowest BCUT2D eigenvalue weighted by Gasteiger charge is -2.17. The van der Waals surface area contributed by atoms with Gasteiger partial charge in [-0.25, -0.2) is 9.78 Å². The van der Waals surface area contributed by atoms with Crippen LogP contribution >= 0.6 is 0 Å². The number of benzene rings is 1. The number of aromatic nitrogens is 2. The number of para-hydroxylation sites is 1. The molecule has 20 heavy (non-hydrogen) atoms. The Bertz CT molecular complexity index is 610. The minimum Gasteiger partial charge on any atom is -0.478 e. The highest BCUT2D eigenvalue weighted by Crippen LogP contribution is 2.31. The van der Waals surface area contributed by atoms with E-state index in [0.717, 1.165) is 24.2 Å². The first-order valence-corrected chi connectivity index (χ1v) is 7.47. The number of carboxylic acids is 1. The van der Waals surface area contributed by atoms with Gasteiger partial charge < -0.3 is 10.1 Å². The van der Waals surface area contributed by atoms with Gasteiger partial charge in [0.25, 0.3) is 0 Å². The van der Waals surface area contributed by atoms with Crippen molar-refractivity contribution in [3.8, 4) is 0 Å². The van der Waals surface area contributed by atoms with Gasteiger partial charge in [0.1, 0.15) is 11.3 Å². The summed E-state index contributed by atoms with van der Waals surface area (Å²) < 4.78 is 0. The molecule has 1 aliphatic rings. The van der Waals surface area contributed by atoms with Crippen LogP contribution in [0.15, 0.2) is 18.2 Å². The van der Waals surface area contributed by atoms with Gasteiger partial charge in [-0.2, -0.15) is 0 Å². The number of fused-ring (bicyclic) bond motifs is 1. The second-order valence-electron chi connectivity index (χ2n) is 5.67. The number of H-pyrrole nitrogens is 1. The number of nitrogens with zero attached hydrogens (tertiary/aromatic N) is 1. The summed E-state index contributed by atoms with van der Waals surface area (Å²) in [7, 11) is 0. The molecule has 0 atom stereocenters. The molecule has 3 rings (SSSR count). The van der Waals surface area contributed by atoms with Crippen LogP contribution in [0.3, 0.4) is 0 Å². The van der Waals surface area contributed by atoms with Crippen molar-refractivity contribution in [1.29, 1.82) is 0 Å². The van der Waals surface area contributed by atoms with Crippen molar-refractivity contribution in [1.82, 2.24) is 9.97 Å². The van der Waals surface area contributed by atoms with Gasteiger partial charge in [0.2, 0.25) is 0 Å². The Hall–Kier alpha value is -1.84. The number of hydrogen-bond donors (Lipinski definition) is 2. The maximum atomic E-state index is 11.2. The maximum absolute atomic E-state index is 11.2. The minimum absolute atomic E-state index is 0.288. The number of hydrogen-bond acceptors (Lipinski definition) is 2. The van der Waals surface area contributed by atoms with Crippen LogP contribution in [0, 0.1) is 0 Å². The fourth-order valence-corrected chi connectivity index (χ4v) is 3.15. The fourth-order valence-electron chi connectivity index (χ4n) is 3.15. The summed E-state index contributed by atoms with van der Waals surface area (Å²) in [5.74, 6) is 0.506. The van der Waals surface area contributed by atoms with Crippen molar-refractivity contribution in [2.45, 2.75) is 50.9 Å². The number of nitrogens with one attached hydrogen (secondary N) is 1. The molecule has 1 heterocycles. The molecule has 4 heteroatoms. The molecular formula is C16H20N2O2. The number of carbonyl (C=O) groups is 1. The zero-order chi connectivity index (χ0) is 13.9. The highest BCUT2D eigenvalue weighted by atomic mass is 16.4. The highest BCUT2D eigenvalue weighted by Gasteiger charge is 2.19. The van der Waals surface area contributed by atoms with E-state index in [1.165, 1.54) is 32.1 Å². The third-order valence-corrected chi connectivity index (χ3v) is 4.25. The van der Waals surface area contributed by atoms with Crippen molar-refractivity contribution < 1.29 is 9.90 Å². The molecule has 0 spiro atoms. The van der Waals surface area contributed by atoms with Gasteiger partial charge in [-0.05, 0) is 25.0 Å². The first-order chi connectivity index (χ1) is 9.75. The molecule has 1 aliphatic carbocycles. The Morgan fingerprint density at radius 3 is 2.55 bits per heavy atom. The molecule has 106 valence electrons. The van der Waals surface area contributed by atoms with E-state index in [2.05, 4.69) is 9.97 Å². The molecule has 1 aromatic carbocycles. The SMILES string of the molecule is O=C(O)c1cccc2[nH]c(C3CCCCCCC3)nc12. The zero-order valence-corrected chi connectivity index (χ0v) is 11.6. The molecule has 2 aromatic rings. The van der Waals surface area contributed by atoms with Crippen LogP contribution < -0.4 is 0 Å². The summed E-state index contributed by atoms with van der Waals surface area (Å²) in [6.07, 6.45) is 8.75. The fraction of sp³-hybridized carbons (Fsp3) is 0.500. The summed E-state index contributed by atoms with van der Waals surface area (Å²) in [6.45, 7) is 0. The van der Waals surface area contributed by atoms with Crippen molar-refractivity contribution >= 4 is 17.0 Å². The van der Waals surface area contributed by atoms with E-state index >= 15 is 0 Å². The van der Waals surface area contributed by atoms with Crippen LogP contribution in [-0.4, -0.2) is 21.0 Å². The number of rotatable bonds is 2. The van der Waals surface area contributed by atoms with E-state index < -0.39 is 5.97 Å². The van der Waals surface area contributed by atoms with Gasteiger partial charge in [-0.1, -0.05) is 38.2 Å². The van der Waals surface area contributed by atoms with Crippen molar-refractivity contribution in [3.63, 3.8) is 0 Å². The Balaban J connectivity index is 1.95. The average Bonchev–Trinajstić information content (AvgIpc) is 2.81. The molecule has 0 saturated heterocycles. The Morgan fingerprint density at radius 2 is 1.85 bits per heavy atom. The van der Waals surface area contributed by atoms with Gasteiger partial charge in [-0.3, -0.25) is 0 Å². The molecule has 1 fully saturated rings. The van der Waals surface area contributed by atoms with E-state index in [0.29, 0.717) is 11.4 Å². The van der Waals surface area contributed by atoms with Crippen LogP contribution in [0.2, 0.25) is 0 Å². The Labute approximate surface area is 118 Å². The zero-order valence-electron chi connectivity index (χ0n) is 11.6.